The van der Waals surface area contributed by atoms with Crippen LogP contribution in [0.5, 0.6) is 0 Å². The molecule has 0 saturated carbocycles. The maximum atomic E-state index is 14.1. The predicted octanol–water partition coefficient (Wildman–Crippen LogP) is 3.46. The highest BCUT2D eigenvalue weighted by Gasteiger charge is 2.24. The molecule has 0 radical (unpaired) electrons. The molecule has 2 N–H and O–H groups in total. The van der Waals surface area contributed by atoms with E-state index in [1.54, 1.807) is 0 Å². The molecule has 0 aliphatic carbocycles. The number of hydrogen-bond acceptors (Lipinski definition) is 3. The third kappa shape index (κ3) is 3.20. The van der Waals surface area contributed by atoms with Gasteiger partial charge in [-0.2, -0.15) is 5.10 Å². The van der Waals surface area contributed by atoms with E-state index in [9.17, 15) is 13.9 Å². The van der Waals surface area contributed by atoms with Gasteiger partial charge < -0.3 is 5.11 Å². The highest BCUT2D eigenvalue weighted by atomic mass is 35.5. The molecule has 1 unspecified atom stereocenters. The Balaban J connectivity index is 2.49. The van der Waals surface area contributed by atoms with Crippen molar-refractivity contribution < 1.29 is 13.9 Å². The van der Waals surface area contributed by atoms with E-state index in [1.165, 1.54) is 31.5 Å². The molecule has 3 nitrogen and oxygen atoms in total. The van der Waals surface area contributed by atoms with E-state index < -0.39 is 23.3 Å². The van der Waals surface area contributed by atoms with E-state index in [4.69, 9.17) is 11.6 Å². The first-order valence-electron chi connectivity index (χ1n) is 6.09. The summed E-state index contributed by atoms with van der Waals surface area (Å²) in [6.07, 6.45) is 2.59. The van der Waals surface area contributed by atoms with Crippen LogP contribution < -0.4 is 5.43 Å². The van der Waals surface area contributed by atoms with Crippen LogP contribution in [0.2, 0.25) is 0 Å². The zero-order valence-corrected chi connectivity index (χ0v) is 12.0. The number of hydrogen-bond donors (Lipinski definition) is 2. The van der Waals surface area contributed by atoms with Crippen molar-refractivity contribution in [2.45, 2.75) is 13.0 Å². The standard InChI is InChI=1S/C15H13ClF2N2O/c1-8-3-4-12(17)13(14(8)18)15(21)11-7-20-19-6-10(16)5-9(11)2/h3-7,15,20-21H,2H2,1H3/b10-5+,11-7+,19-6-. The monoisotopic (exact) mass is 310 g/mol. The minimum absolute atomic E-state index is 0.174. The zero-order chi connectivity index (χ0) is 15.6. The van der Waals surface area contributed by atoms with Crippen LogP contribution in [0.15, 0.2) is 52.3 Å². The van der Waals surface area contributed by atoms with Crippen LogP contribution in [0.4, 0.5) is 8.78 Å². The number of allylic oxidation sites excluding steroid dienone is 2. The van der Waals surface area contributed by atoms with Crippen LogP contribution in [0, 0.1) is 18.6 Å². The van der Waals surface area contributed by atoms with Gasteiger partial charge in [-0.05, 0) is 30.2 Å². The first-order valence-corrected chi connectivity index (χ1v) is 6.47. The summed E-state index contributed by atoms with van der Waals surface area (Å²) >= 11 is 5.85. The highest BCUT2D eigenvalue weighted by Crippen LogP contribution is 2.32. The van der Waals surface area contributed by atoms with E-state index in [0.717, 1.165) is 6.07 Å². The molecule has 1 aromatic carbocycles. The molecule has 1 aliphatic heterocycles. The lowest BCUT2D eigenvalue weighted by Gasteiger charge is -2.19. The molecule has 0 aromatic heterocycles. The van der Waals surface area contributed by atoms with Gasteiger partial charge in [-0.15, -0.1) is 0 Å². The molecule has 2 rings (SSSR count). The van der Waals surface area contributed by atoms with Crippen molar-refractivity contribution in [3.8, 4) is 0 Å². The van der Waals surface area contributed by atoms with Crippen LogP contribution in [0.25, 0.3) is 0 Å². The molecule has 1 aromatic rings. The Labute approximate surface area is 125 Å². The Morgan fingerprint density at radius 1 is 1.38 bits per heavy atom. The number of hydrazone groups is 1. The first kappa shape index (κ1) is 15.4. The number of halogens is 3. The van der Waals surface area contributed by atoms with Crippen molar-refractivity contribution in [1.82, 2.24) is 5.43 Å². The van der Waals surface area contributed by atoms with Gasteiger partial charge in [-0.1, -0.05) is 24.2 Å². The fourth-order valence-corrected chi connectivity index (χ4v) is 2.11. The Morgan fingerprint density at radius 3 is 2.81 bits per heavy atom. The summed E-state index contributed by atoms with van der Waals surface area (Å²) in [6, 6.07) is 2.42. The maximum Gasteiger partial charge on any atom is 0.135 e. The van der Waals surface area contributed by atoms with E-state index >= 15 is 0 Å². The van der Waals surface area contributed by atoms with Crippen LogP contribution in [-0.2, 0) is 0 Å². The van der Waals surface area contributed by atoms with Gasteiger partial charge in [-0.3, -0.25) is 5.43 Å². The maximum absolute atomic E-state index is 14.1. The Kier molecular flexibility index (Phi) is 4.55. The van der Waals surface area contributed by atoms with Crippen LogP contribution in [0.3, 0.4) is 0 Å². The van der Waals surface area contributed by atoms with E-state index in [1.807, 2.05) is 0 Å². The molecule has 1 aliphatic rings. The Hall–Kier alpha value is -1.98. The summed E-state index contributed by atoms with van der Waals surface area (Å²) in [5.41, 5.74) is 2.82. The number of rotatable bonds is 2. The fourth-order valence-electron chi connectivity index (χ4n) is 1.92. The molecular formula is C15H13ClF2N2O. The third-order valence-corrected chi connectivity index (χ3v) is 3.26. The van der Waals surface area contributed by atoms with Gasteiger partial charge in [0.2, 0.25) is 0 Å². The fraction of sp³-hybridized carbons (Fsp3) is 0.133. The van der Waals surface area contributed by atoms with E-state index in [-0.39, 0.29) is 16.2 Å². The number of aliphatic hydroxyl groups excluding tert-OH is 1. The summed E-state index contributed by atoms with van der Waals surface area (Å²) in [5, 5.41) is 14.3. The smallest absolute Gasteiger partial charge is 0.135 e. The second-order valence-electron chi connectivity index (χ2n) is 4.54. The molecule has 0 spiro atoms. The second-order valence-corrected chi connectivity index (χ2v) is 4.97. The SMILES string of the molecule is C=C1/C=C(Cl)\C=N/N/C=C\1C(O)c1c(F)ccc(C)c1F. The summed E-state index contributed by atoms with van der Waals surface area (Å²) < 4.78 is 28.0. The first-order chi connectivity index (χ1) is 9.91. The Bertz CT molecular complexity index is 680. The molecular weight excluding hydrogens is 298 g/mol. The lowest BCUT2D eigenvalue weighted by atomic mass is 9.94. The molecule has 6 heteroatoms. The van der Waals surface area contributed by atoms with Crippen molar-refractivity contribution in [3.63, 3.8) is 0 Å². The zero-order valence-electron chi connectivity index (χ0n) is 11.2. The van der Waals surface area contributed by atoms with Gasteiger partial charge in [0.05, 0.1) is 16.8 Å². The summed E-state index contributed by atoms with van der Waals surface area (Å²) in [4.78, 5) is 0. The predicted molar refractivity (Wildman–Crippen MR) is 78.8 cm³/mol. The Morgan fingerprint density at radius 2 is 2.10 bits per heavy atom. The summed E-state index contributed by atoms with van der Waals surface area (Å²) in [6.45, 7) is 5.23. The number of aryl methyl sites for hydroxylation is 1. The van der Waals surface area contributed by atoms with Crippen molar-refractivity contribution in [2.75, 3.05) is 0 Å². The van der Waals surface area contributed by atoms with Crippen molar-refractivity contribution in [3.05, 3.63) is 69.9 Å². The number of benzene rings is 1. The molecule has 0 fully saturated rings. The lowest BCUT2D eigenvalue weighted by Crippen LogP contribution is -2.12. The molecule has 0 bridgehead atoms. The molecule has 21 heavy (non-hydrogen) atoms. The van der Waals surface area contributed by atoms with Gasteiger partial charge in [0.25, 0.3) is 0 Å². The van der Waals surface area contributed by atoms with Gasteiger partial charge in [0.1, 0.15) is 17.7 Å². The number of nitrogens with zero attached hydrogens (tertiary/aromatic N) is 1. The lowest BCUT2D eigenvalue weighted by molar-refractivity contribution is 0.206. The quantitative estimate of drug-likeness (QED) is 0.878. The summed E-state index contributed by atoms with van der Waals surface area (Å²) in [5.74, 6) is -1.63. The van der Waals surface area contributed by atoms with Crippen LogP contribution in [-0.4, -0.2) is 11.3 Å². The van der Waals surface area contributed by atoms with Crippen molar-refractivity contribution in [2.24, 2.45) is 5.10 Å². The average molecular weight is 311 g/mol. The van der Waals surface area contributed by atoms with Crippen molar-refractivity contribution >= 4 is 17.8 Å². The summed E-state index contributed by atoms with van der Waals surface area (Å²) in [7, 11) is 0. The van der Waals surface area contributed by atoms with Gasteiger partial charge in [0, 0.05) is 11.8 Å². The average Bonchev–Trinajstić information content (AvgIpc) is 2.41. The van der Waals surface area contributed by atoms with E-state index in [0.29, 0.717) is 5.57 Å². The highest BCUT2D eigenvalue weighted by molar-refractivity contribution is 6.39. The van der Waals surface area contributed by atoms with Crippen LogP contribution >= 0.6 is 11.6 Å². The third-order valence-electron chi connectivity index (χ3n) is 3.05. The topological polar surface area (TPSA) is 44.6 Å². The van der Waals surface area contributed by atoms with Gasteiger partial charge in [0.15, 0.2) is 0 Å². The van der Waals surface area contributed by atoms with Crippen molar-refractivity contribution in [1.29, 1.82) is 0 Å². The number of nitrogens with one attached hydrogen (secondary N) is 1. The minimum atomic E-state index is -1.53. The molecule has 0 saturated heterocycles. The van der Waals surface area contributed by atoms with Gasteiger partial charge in [-0.25, -0.2) is 8.78 Å². The minimum Gasteiger partial charge on any atom is -0.383 e. The largest absolute Gasteiger partial charge is 0.383 e. The molecule has 110 valence electrons. The van der Waals surface area contributed by atoms with E-state index in [2.05, 4.69) is 17.1 Å². The number of aliphatic hydroxyl groups is 1. The molecule has 1 atom stereocenters. The van der Waals surface area contributed by atoms with Crippen LogP contribution in [0.1, 0.15) is 17.2 Å². The normalized spacial score (nSPS) is 23.0. The molecule has 1 heterocycles. The second kappa shape index (κ2) is 6.20. The van der Waals surface area contributed by atoms with Gasteiger partial charge >= 0.3 is 0 Å². The molecule has 0 amide bonds.